The fraction of sp³-hybridized carbons (Fsp3) is 0. The Balaban J connectivity index is -0.000000110. The number of rotatable bonds is 0. The fourth-order valence-electron chi connectivity index (χ4n) is 0.471. The molecule has 0 spiro atoms. The summed E-state index contributed by atoms with van der Waals surface area (Å²) in [5.74, 6) is 0. The predicted octanol–water partition coefficient (Wildman–Crippen LogP) is -6.52. The Kier molecular flexibility index (Phi) is 28.5. The third kappa shape index (κ3) is 41.6. The van der Waals surface area contributed by atoms with Gasteiger partial charge in [0.1, 0.15) is 0 Å². The second-order valence-corrected chi connectivity index (χ2v) is 2.86. The van der Waals surface area contributed by atoms with Crippen LogP contribution in [-0.2, 0) is 28.4 Å². The second kappa shape index (κ2) is 23.0. The van der Waals surface area contributed by atoms with E-state index in [1.54, 1.807) is 0 Å². The molecule has 0 aromatic rings. The molecule has 0 fully saturated rings. The van der Waals surface area contributed by atoms with Crippen LogP contribution in [0.4, 0.5) is 43.2 Å². The molecular weight excluding hydrogens is 759 g/mol. The van der Waals surface area contributed by atoms with E-state index in [2.05, 4.69) is 28.4 Å². The van der Waals surface area contributed by atoms with E-state index in [1.165, 1.54) is 0 Å². The van der Waals surface area contributed by atoms with Crippen LogP contribution in [0.2, 0.25) is 0 Å². The molecule has 0 aliphatic heterocycles. The third-order valence-electron chi connectivity index (χ3n) is 1.000. The van der Waals surface area contributed by atoms with Gasteiger partial charge < -0.3 is 87.8 Å². The maximum atomic E-state index is 9.78. The minimum atomic E-state index is -2.20. The third-order valence-corrected chi connectivity index (χ3v) is 1.000. The predicted molar refractivity (Wildman–Crippen MR) is 55.1 cm³/mol. The first-order valence-corrected chi connectivity index (χ1v) is 5.51. The molecule has 23 heteroatoms. The Hall–Kier alpha value is -2.72. The van der Waals surface area contributed by atoms with Crippen LogP contribution in [0.1, 0.15) is 0 Å². The van der Waals surface area contributed by atoms with Crippen LogP contribution in [0.25, 0.3) is 0 Å². The van der Waals surface area contributed by atoms with E-state index in [-0.39, 0.29) is 79.9 Å². The minimum Gasteiger partial charge on any atom is -0.467 e. The molecule has 0 saturated heterocycles. The Morgan fingerprint density at radius 2 is 0.406 bits per heavy atom. The molecule has 32 heavy (non-hydrogen) atoms. The topological polar surface area (TPSA) is 347 Å². The van der Waals surface area contributed by atoms with E-state index in [1.807, 2.05) is 0 Å². The number of carbonyl (C=O) groups is 9. The van der Waals surface area contributed by atoms with Crippen LogP contribution in [0.5, 0.6) is 0 Å². The van der Waals surface area contributed by atoms with Crippen LogP contribution in [-0.4, -0.2) is 55.4 Å². The summed E-state index contributed by atoms with van der Waals surface area (Å²) in [7, 11) is 0. The first kappa shape index (κ1) is 39.7. The van der Waals surface area contributed by atoms with Crippen molar-refractivity contribution in [1.29, 1.82) is 0 Å². The van der Waals surface area contributed by atoms with Gasteiger partial charge in [-0.25, -0.2) is 14.4 Å². The second-order valence-electron chi connectivity index (χ2n) is 2.86. The Morgan fingerprint density at radius 3 is 0.469 bits per heavy atom. The molecule has 178 valence electrons. The monoisotopic (exact) mass is 760 g/mol. The largest absolute Gasteiger partial charge is 3.00 e. The summed E-state index contributed by atoms with van der Waals surface area (Å²) < 4.78 is 18.5. The van der Waals surface area contributed by atoms with Crippen LogP contribution in [0.3, 0.4) is 0 Å². The van der Waals surface area contributed by atoms with Crippen LogP contribution >= 0.6 is 0 Å². The van der Waals surface area contributed by atoms with Crippen molar-refractivity contribution in [1.82, 2.24) is 0 Å². The van der Waals surface area contributed by atoms with Gasteiger partial charge in [-0.3, -0.25) is 0 Å². The molecule has 0 N–H and O–H groups in total. The van der Waals surface area contributed by atoms with Crippen molar-refractivity contribution in [2.45, 2.75) is 0 Å². The van der Waals surface area contributed by atoms with Gasteiger partial charge in [-0.1, -0.05) is 0 Å². The number of ether oxygens (including phenoxy) is 6. The average molecular weight is 759 g/mol. The molecule has 0 amide bonds. The quantitative estimate of drug-likeness (QED) is 0.126. The van der Waals surface area contributed by atoms with E-state index < -0.39 is 55.4 Å². The summed E-state index contributed by atoms with van der Waals surface area (Å²) in [6.45, 7) is 0. The molecule has 0 aliphatic carbocycles. The summed E-state index contributed by atoms with van der Waals surface area (Å²) >= 11 is 0. The van der Waals surface area contributed by atoms with Gasteiger partial charge in [-0.15, -0.1) is 0 Å². The van der Waals surface area contributed by atoms with E-state index in [4.69, 9.17) is 0 Å². The Labute approximate surface area is 235 Å². The molecule has 2 radical (unpaired) electrons. The normalized spacial score (nSPS) is 7.50. The molecule has 0 heterocycles. The van der Waals surface area contributed by atoms with Gasteiger partial charge in [0.15, 0.2) is 0 Å². The Morgan fingerprint density at radius 1 is 0.312 bits per heavy atom. The summed E-state index contributed by atoms with van der Waals surface area (Å²) in [6, 6.07) is 0. The number of hydrogen-bond acceptors (Lipinski definition) is 21. The van der Waals surface area contributed by atoms with Gasteiger partial charge >= 0.3 is 98.3 Å². The molecule has 0 atom stereocenters. The molecule has 0 aromatic heterocycles. The molecule has 0 aliphatic rings. The van der Waals surface area contributed by atoms with Crippen LogP contribution in [0.15, 0.2) is 0 Å². The molecule has 21 nitrogen and oxygen atoms in total. The molecule has 0 aromatic carbocycles. The smallest absolute Gasteiger partial charge is 0.467 e. The van der Waals surface area contributed by atoms with Crippen LogP contribution in [0, 0.1) is 79.9 Å². The fourth-order valence-corrected chi connectivity index (χ4v) is 0.471. The molecular formula is C9Gd2O21. The van der Waals surface area contributed by atoms with Gasteiger partial charge in [0.2, 0.25) is 0 Å². The average Bonchev–Trinajstić information content (AvgIpc) is 2.42. The zero-order valence-corrected chi connectivity index (χ0v) is 18.3. The molecule has 0 unspecified atom stereocenters. The van der Waals surface area contributed by atoms with Gasteiger partial charge in [0.05, 0.1) is 0 Å². The summed E-state index contributed by atoms with van der Waals surface area (Å²) in [6.07, 6.45) is -19.0. The van der Waals surface area contributed by atoms with E-state index in [0.29, 0.717) is 0 Å². The number of carboxylic acid groups (broad SMARTS) is 6. The first-order valence-electron chi connectivity index (χ1n) is 5.51. The van der Waals surface area contributed by atoms with Crippen LogP contribution < -0.4 is 30.6 Å². The van der Waals surface area contributed by atoms with Gasteiger partial charge in [-0.05, 0) is 0 Å². The Bertz CT molecular complexity index is 561. The van der Waals surface area contributed by atoms with Crippen molar-refractivity contribution in [2.24, 2.45) is 0 Å². The maximum absolute atomic E-state index is 9.78. The van der Waals surface area contributed by atoms with Gasteiger partial charge in [-0.2, -0.15) is 0 Å². The van der Waals surface area contributed by atoms with Crippen molar-refractivity contribution >= 4 is 55.4 Å². The maximum Gasteiger partial charge on any atom is 3.00 e. The zero-order chi connectivity index (χ0) is 24.4. The molecule has 0 rings (SSSR count). The van der Waals surface area contributed by atoms with Crippen molar-refractivity contribution < 1.29 is 182 Å². The van der Waals surface area contributed by atoms with Crippen molar-refractivity contribution in [3.05, 3.63) is 0 Å². The summed E-state index contributed by atoms with van der Waals surface area (Å²) in [4.78, 5) is 85.4. The SMILES string of the molecule is O=C([O-])OC(=O)OC(=O)[O-].O=C([O-])OC(=O)OC(=O)[O-].O=C([O-])OC(=O)OC(=O)[O-].[Gd+3].[Gd+3]. The first-order chi connectivity index (χ1) is 13.6. The summed E-state index contributed by atoms with van der Waals surface area (Å²) in [5, 5.41) is 56.1. The standard InChI is InChI=1S/3C3H2O7.2Gd/c3*4-1(5)9-3(8)10-2(6)7;;/h3*(H,4,5)(H,6,7);;/q;;;2*+3/p-6. The van der Waals surface area contributed by atoms with Gasteiger partial charge in [0, 0.05) is 0 Å². The van der Waals surface area contributed by atoms with E-state index in [9.17, 15) is 73.8 Å². The van der Waals surface area contributed by atoms with Gasteiger partial charge in [0.25, 0.3) is 36.9 Å². The molecule has 0 bridgehead atoms. The van der Waals surface area contributed by atoms with Crippen molar-refractivity contribution in [2.75, 3.05) is 0 Å². The molecule has 0 saturated carbocycles. The number of hydrogen-bond donors (Lipinski definition) is 0. The van der Waals surface area contributed by atoms with E-state index >= 15 is 0 Å². The number of carbonyl (C=O) groups excluding carboxylic acids is 9. The summed E-state index contributed by atoms with van der Waals surface area (Å²) in [5.41, 5.74) is 0. The van der Waals surface area contributed by atoms with E-state index in [0.717, 1.165) is 0 Å². The van der Waals surface area contributed by atoms with Crippen molar-refractivity contribution in [3.63, 3.8) is 0 Å². The zero-order valence-electron chi connectivity index (χ0n) is 13.8. The van der Waals surface area contributed by atoms with Crippen molar-refractivity contribution in [3.8, 4) is 0 Å². The minimum absolute atomic E-state index is 0.